The molecule has 2 N–H and O–H groups in total. The van der Waals surface area contributed by atoms with Gasteiger partial charge < -0.3 is 15.2 Å². The van der Waals surface area contributed by atoms with Crippen molar-refractivity contribution >= 4 is 11.6 Å². The summed E-state index contributed by atoms with van der Waals surface area (Å²) in [6.45, 7) is 5.74. The third kappa shape index (κ3) is 4.71. The molecule has 0 aromatic carbocycles. The molecule has 2 saturated heterocycles. The topological polar surface area (TPSA) is 105 Å². The minimum Gasteiger partial charge on any atom is -0.369 e. The van der Waals surface area contributed by atoms with Crippen molar-refractivity contribution in [1.29, 1.82) is 5.26 Å². The summed E-state index contributed by atoms with van der Waals surface area (Å²) in [5.41, 5.74) is 3.39. The highest BCUT2D eigenvalue weighted by Gasteiger charge is 2.32. The normalized spacial score (nSPS) is 21.4. The second kappa shape index (κ2) is 9.59. The fourth-order valence-corrected chi connectivity index (χ4v) is 5.28. The van der Waals surface area contributed by atoms with E-state index in [1.165, 1.54) is 0 Å². The Balaban J connectivity index is 1.19. The lowest BCUT2D eigenvalue weighted by Gasteiger charge is -2.38. The van der Waals surface area contributed by atoms with E-state index >= 15 is 0 Å². The van der Waals surface area contributed by atoms with Gasteiger partial charge in [-0.3, -0.25) is 14.5 Å². The summed E-state index contributed by atoms with van der Waals surface area (Å²) in [7, 11) is 0. The molecule has 0 spiro atoms. The Morgan fingerprint density at radius 3 is 2.62 bits per heavy atom. The van der Waals surface area contributed by atoms with E-state index in [4.69, 9.17) is 0 Å². The standard InChI is InChI=1S/C26H32N6O2/c1-2-17-3-6-21(30-25(17)33)18-9-12-32(16-18)20-10-13-31(14-11-20)24-8-7-22(29-23(24)15-27)26(34)28-19-4-5-19/h3,6-8,18-20H,2,4-5,9-14,16H2,1H3,(H,28,34)(H,30,33). The number of anilines is 1. The molecule has 1 atom stereocenters. The van der Waals surface area contributed by atoms with Gasteiger partial charge in [0.15, 0.2) is 5.69 Å². The maximum Gasteiger partial charge on any atom is 0.270 e. The van der Waals surface area contributed by atoms with Gasteiger partial charge in [-0.15, -0.1) is 0 Å². The highest BCUT2D eigenvalue weighted by molar-refractivity contribution is 5.93. The Kier molecular flexibility index (Phi) is 6.38. The van der Waals surface area contributed by atoms with Crippen molar-refractivity contribution in [3.05, 3.63) is 57.3 Å². The first-order valence-electron chi connectivity index (χ1n) is 12.5. The zero-order valence-corrected chi connectivity index (χ0v) is 19.7. The Morgan fingerprint density at radius 2 is 1.94 bits per heavy atom. The fourth-order valence-electron chi connectivity index (χ4n) is 5.28. The van der Waals surface area contributed by atoms with E-state index in [1.807, 2.05) is 19.1 Å². The van der Waals surface area contributed by atoms with Gasteiger partial charge in [-0.2, -0.15) is 5.26 Å². The van der Waals surface area contributed by atoms with Gasteiger partial charge in [0.2, 0.25) is 0 Å². The third-order valence-corrected chi connectivity index (χ3v) is 7.50. The van der Waals surface area contributed by atoms with Crippen molar-refractivity contribution < 1.29 is 4.79 Å². The Bertz CT molecular complexity index is 1160. The van der Waals surface area contributed by atoms with Crippen LogP contribution < -0.4 is 15.8 Å². The summed E-state index contributed by atoms with van der Waals surface area (Å²) < 4.78 is 0. The number of carbonyl (C=O) groups excluding carboxylic acids is 1. The molecule has 8 nitrogen and oxygen atoms in total. The molecule has 0 radical (unpaired) electrons. The van der Waals surface area contributed by atoms with Gasteiger partial charge >= 0.3 is 0 Å². The van der Waals surface area contributed by atoms with Crippen LogP contribution in [-0.2, 0) is 6.42 Å². The van der Waals surface area contributed by atoms with Crippen LogP contribution >= 0.6 is 0 Å². The van der Waals surface area contributed by atoms with Crippen LogP contribution in [0.5, 0.6) is 0 Å². The summed E-state index contributed by atoms with van der Waals surface area (Å²) in [5.74, 6) is 0.180. The first-order chi connectivity index (χ1) is 16.6. The molecular weight excluding hydrogens is 428 g/mol. The minimum absolute atomic E-state index is 0.0460. The molecule has 178 valence electrons. The molecule has 4 heterocycles. The van der Waals surface area contributed by atoms with Crippen molar-refractivity contribution in [1.82, 2.24) is 20.2 Å². The number of nitrogens with zero attached hydrogens (tertiary/aromatic N) is 4. The van der Waals surface area contributed by atoms with Gasteiger partial charge in [0.1, 0.15) is 11.8 Å². The fraction of sp³-hybridized carbons (Fsp3) is 0.538. The molecule has 2 aliphatic heterocycles. The lowest BCUT2D eigenvalue weighted by atomic mass is 10.0. The summed E-state index contributed by atoms with van der Waals surface area (Å²) in [5, 5.41) is 12.6. The largest absolute Gasteiger partial charge is 0.369 e. The second-order valence-electron chi connectivity index (χ2n) is 9.74. The predicted molar refractivity (Wildman–Crippen MR) is 130 cm³/mol. The van der Waals surface area contributed by atoms with Gasteiger partial charge in [0.05, 0.1) is 5.69 Å². The summed E-state index contributed by atoms with van der Waals surface area (Å²) in [4.78, 5) is 36.8. The van der Waals surface area contributed by atoms with Crippen molar-refractivity contribution in [3.8, 4) is 6.07 Å². The highest BCUT2D eigenvalue weighted by atomic mass is 16.2. The van der Waals surface area contributed by atoms with E-state index in [-0.39, 0.29) is 17.5 Å². The minimum atomic E-state index is -0.196. The van der Waals surface area contributed by atoms with Crippen LogP contribution in [0.25, 0.3) is 0 Å². The van der Waals surface area contributed by atoms with E-state index in [0.717, 1.165) is 81.6 Å². The Hall–Kier alpha value is -3.18. The number of nitriles is 1. The Labute approximate surface area is 200 Å². The Morgan fingerprint density at radius 1 is 1.15 bits per heavy atom. The maximum atomic E-state index is 12.3. The number of carbonyl (C=O) groups is 1. The van der Waals surface area contributed by atoms with E-state index in [0.29, 0.717) is 23.3 Å². The molecule has 1 unspecified atom stereocenters. The molecular formula is C26H32N6O2. The van der Waals surface area contributed by atoms with Crippen molar-refractivity contribution in [2.45, 2.75) is 63.5 Å². The lowest BCUT2D eigenvalue weighted by Crippen LogP contribution is -2.44. The molecule has 0 bridgehead atoms. The number of likely N-dealkylation sites (tertiary alicyclic amines) is 1. The van der Waals surface area contributed by atoms with Crippen molar-refractivity contribution in [2.75, 3.05) is 31.1 Å². The van der Waals surface area contributed by atoms with Gasteiger partial charge in [-0.1, -0.05) is 13.0 Å². The maximum absolute atomic E-state index is 12.3. The number of hydrogen-bond acceptors (Lipinski definition) is 6. The van der Waals surface area contributed by atoms with Crippen LogP contribution in [0.4, 0.5) is 5.69 Å². The van der Waals surface area contributed by atoms with Gasteiger partial charge in [0.25, 0.3) is 11.5 Å². The summed E-state index contributed by atoms with van der Waals surface area (Å²) >= 11 is 0. The number of aromatic nitrogens is 2. The molecule has 3 fully saturated rings. The molecule has 34 heavy (non-hydrogen) atoms. The average molecular weight is 461 g/mol. The number of nitrogens with one attached hydrogen (secondary N) is 2. The SMILES string of the molecule is CCc1ccc(C2CCN(C3CCN(c4ccc(C(=O)NC5CC5)nc4C#N)CC3)C2)[nH]c1=O. The van der Waals surface area contributed by atoms with Crippen molar-refractivity contribution in [2.24, 2.45) is 0 Å². The van der Waals surface area contributed by atoms with Gasteiger partial charge in [0, 0.05) is 48.9 Å². The number of pyridine rings is 2. The van der Waals surface area contributed by atoms with Crippen LogP contribution in [0.3, 0.4) is 0 Å². The molecule has 8 heteroatoms. The predicted octanol–water partition coefficient (Wildman–Crippen LogP) is 2.55. The lowest BCUT2D eigenvalue weighted by molar-refractivity contribution is 0.0946. The number of aryl methyl sites for hydroxylation is 1. The quantitative estimate of drug-likeness (QED) is 0.686. The first kappa shape index (κ1) is 22.6. The van der Waals surface area contributed by atoms with Crippen LogP contribution in [0.15, 0.2) is 29.1 Å². The second-order valence-corrected chi connectivity index (χ2v) is 9.74. The van der Waals surface area contributed by atoms with E-state index in [9.17, 15) is 14.9 Å². The molecule has 1 aliphatic carbocycles. The number of H-pyrrole nitrogens is 1. The number of hydrogen-bond donors (Lipinski definition) is 2. The van der Waals surface area contributed by atoms with E-state index < -0.39 is 0 Å². The summed E-state index contributed by atoms with van der Waals surface area (Å²) in [6.07, 6.45) is 5.90. The molecule has 2 aromatic rings. The molecule has 5 rings (SSSR count). The zero-order chi connectivity index (χ0) is 23.7. The molecule has 1 amide bonds. The molecule has 3 aliphatic rings. The zero-order valence-electron chi connectivity index (χ0n) is 19.7. The van der Waals surface area contributed by atoms with Crippen LogP contribution in [0, 0.1) is 11.3 Å². The molecule has 1 saturated carbocycles. The number of piperidine rings is 1. The highest BCUT2D eigenvalue weighted by Crippen LogP contribution is 2.31. The third-order valence-electron chi connectivity index (χ3n) is 7.50. The summed E-state index contributed by atoms with van der Waals surface area (Å²) in [6, 6.07) is 10.6. The molecule has 2 aromatic heterocycles. The van der Waals surface area contributed by atoms with Gasteiger partial charge in [-0.05, 0) is 63.3 Å². The van der Waals surface area contributed by atoms with Crippen LogP contribution in [-0.4, -0.2) is 59.0 Å². The van der Waals surface area contributed by atoms with Crippen molar-refractivity contribution in [3.63, 3.8) is 0 Å². The van der Waals surface area contributed by atoms with Gasteiger partial charge in [-0.25, -0.2) is 4.98 Å². The smallest absolute Gasteiger partial charge is 0.270 e. The monoisotopic (exact) mass is 460 g/mol. The van der Waals surface area contributed by atoms with Crippen LogP contribution in [0.2, 0.25) is 0 Å². The number of rotatable bonds is 6. The number of amides is 1. The van der Waals surface area contributed by atoms with Crippen LogP contribution in [0.1, 0.15) is 72.4 Å². The van der Waals surface area contributed by atoms with E-state index in [1.54, 1.807) is 6.07 Å². The van der Waals surface area contributed by atoms with E-state index in [2.05, 4.69) is 37.2 Å². The number of aromatic amines is 1. The average Bonchev–Trinajstić information content (AvgIpc) is 3.54. The first-order valence-corrected chi connectivity index (χ1v) is 12.5.